The van der Waals surface area contributed by atoms with Gasteiger partial charge >= 0.3 is 11.7 Å². The number of ether oxygens (including phenoxy) is 1. The number of carbonyl (C=O) groups is 1. The molecule has 5 nitrogen and oxygen atoms in total. The maximum absolute atomic E-state index is 11.3. The van der Waals surface area contributed by atoms with Gasteiger partial charge in [0.05, 0.1) is 17.6 Å². The van der Waals surface area contributed by atoms with Gasteiger partial charge in [-0.05, 0) is 25.0 Å². The Labute approximate surface area is 97.8 Å². The number of esters is 1. The molecule has 0 atom stereocenters. The summed E-state index contributed by atoms with van der Waals surface area (Å²) >= 11 is 0. The lowest BCUT2D eigenvalue weighted by Gasteiger charge is -2.03. The van der Waals surface area contributed by atoms with Crippen LogP contribution in [0.15, 0.2) is 23.0 Å². The van der Waals surface area contributed by atoms with Gasteiger partial charge in [-0.25, -0.2) is 4.79 Å². The molecular weight excluding hydrogens is 220 g/mol. The molecule has 2 aromatic rings. The minimum absolute atomic E-state index is 0.220. The molecule has 0 amide bonds. The van der Waals surface area contributed by atoms with Crippen LogP contribution in [0.4, 0.5) is 0 Å². The van der Waals surface area contributed by atoms with Gasteiger partial charge in [-0.3, -0.25) is 4.79 Å². The second-order valence-corrected chi connectivity index (χ2v) is 3.72. The van der Waals surface area contributed by atoms with Gasteiger partial charge in [-0.15, -0.1) is 0 Å². The largest absolute Gasteiger partial charge is 0.466 e. The third kappa shape index (κ3) is 2.55. The Hall–Kier alpha value is -2.04. The Morgan fingerprint density at radius 2 is 2.18 bits per heavy atom. The number of H-pyrrole nitrogens is 2. The summed E-state index contributed by atoms with van der Waals surface area (Å²) in [5, 5.41) is 0. The molecule has 0 saturated carbocycles. The fourth-order valence-corrected chi connectivity index (χ4v) is 1.80. The van der Waals surface area contributed by atoms with Crippen molar-refractivity contribution in [3.8, 4) is 0 Å². The number of imidazole rings is 1. The van der Waals surface area contributed by atoms with Crippen molar-refractivity contribution in [1.82, 2.24) is 9.97 Å². The fourth-order valence-electron chi connectivity index (χ4n) is 1.80. The predicted molar refractivity (Wildman–Crippen MR) is 63.9 cm³/mol. The van der Waals surface area contributed by atoms with E-state index in [-0.39, 0.29) is 11.7 Å². The summed E-state index contributed by atoms with van der Waals surface area (Å²) in [7, 11) is 0. The number of para-hydroxylation sites is 1. The van der Waals surface area contributed by atoms with Crippen LogP contribution < -0.4 is 5.69 Å². The van der Waals surface area contributed by atoms with Crippen LogP contribution in [-0.2, 0) is 16.0 Å². The third-order valence-corrected chi connectivity index (χ3v) is 2.54. The molecule has 90 valence electrons. The van der Waals surface area contributed by atoms with Gasteiger partial charge in [-0.2, -0.15) is 0 Å². The zero-order valence-corrected chi connectivity index (χ0v) is 9.58. The van der Waals surface area contributed by atoms with Crippen LogP contribution in [-0.4, -0.2) is 22.5 Å². The second-order valence-electron chi connectivity index (χ2n) is 3.72. The monoisotopic (exact) mass is 234 g/mol. The number of aromatic nitrogens is 2. The quantitative estimate of drug-likeness (QED) is 0.784. The molecule has 0 bridgehead atoms. The van der Waals surface area contributed by atoms with Gasteiger partial charge in [0.15, 0.2) is 0 Å². The van der Waals surface area contributed by atoms with E-state index < -0.39 is 0 Å². The molecule has 0 unspecified atom stereocenters. The van der Waals surface area contributed by atoms with Crippen LogP contribution in [0.5, 0.6) is 0 Å². The van der Waals surface area contributed by atoms with Crippen molar-refractivity contribution in [3.05, 3.63) is 34.2 Å². The number of hydrogen-bond acceptors (Lipinski definition) is 3. The number of aromatic amines is 2. The van der Waals surface area contributed by atoms with Crippen molar-refractivity contribution in [2.45, 2.75) is 19.8 Å². The highest BCUT2D eigenvalue weighted by Gasteiger charge is 2.07. The summed E-state index contributed by atoms with van der Waals surface area (Å²) in [6.45, 7) is 2.17. The lowest BCUT2D eigenvalue weighted by molar-refractivity contribution is -0.143. The molecule has 2 N–H and O–H groups in total. The first kappa shape index (κ1) is 11.4. The first-order chi connectivity index (χ1) is 8.20. The van der Waals surface area contributed by atoms with Crippen LogP contribution in [0, 0.1) is 0 Å². The van der Waals surface area contributed by atoms with E-state index in [1.54, 1.807) is 6.92 Å². The highest BCUT2D eigenvalue weighted by Crippen LogP contribution is 2.14. The topological polar surface area (TPSA) is 75.0 Å². The van der Waals surface area contributed by atoms with E-state index >= 15 is 0 Å². The van der Waals surface area contributed by atoms with Crippen LogP contribution >= 0.6 is 0 Å². The molecule has 0 fully saturated rings. The molecule has 0 spiro atoms. The fraction of sp³-hybridized carbons (Fsp3) is 0.333. The van der Waals surface area contributed by atoms with Gasteiger partial charge in [0.1, 0.15) is 0 Å². The Morgan fingerprint density at radius 3 is 2.94 bits per heavy atom. The van der Waals surface area contributed by atoms with Crippen molar-refractivity contribution in [1.29, 1.82) is 0 Å². The first-order valence-electron chi connectivity index (χ1n) is 5.56. The average Bonchev–Trinajstić information content (AvgIpc) is 2.67. The molecule has 17 heavy (non-hydrogen) atoms. The number of fused-ring (bicyclic) bond motifs is 1. The lowest BCUT2D eigenvalue weighted by atomic mass is 10.1. The molecular formula is C12H14N2O3. The van der Waals surface area contributed by atoms with Crippen LogP contribution in [0.25, 0.3) is 11.0 Å². The van der Waals surface area contributed by atoms with Crippen molar-refractivity contribution < 1.29 is 9.53 Å². The lowest BCUT2D eigenvalue weighted by Crippen LogP contribution is -2.05. The minimum atomic E-state index is -0.233. The zero-order valence-electron chi connectivity index (χ0n) is 9.58. The molecule has 0 aliphatic rings. The van der Waals surface area contributed by atoms with Crippen molar-refractivity contribution in [2.75, 3.05) is 6.61 Å². The minimum Gasteiger partial charge on any atom is -0.466 e. The molecule has 0 aliphatic heterocycles. The number of hydrogen-bond donors (Lipinski definition) is 2. The maximum atomic E-state index is 11.3. The van der Waals surface area contributed by atoms with Gasteiger partial charge in [0.2, 0.25) is 0 Å². The maximum Gasteiger partial charge on any atom is 0.323 e. The number of nitrogens with one attached hydrogen (secondary N) is 2. The molecule has 0 radical (unpaired) electrons. The summed E-state index contributed by atoms with van der Waals surface area (Å²) in [5.74, 6) is -0.220. The number of benzene rings is 1. The highest BCUT2D eigenvalue weighted by molar-refractivity contribution is 5.79. The second kappa shape index (κ2) is 4.86. The van der Waals surface area contributed by atoms with E-state index in [9.17, 15) is 9.59 Å². The summed E-state index contributed by atoms with van der Waals surface area (Å²) in [6, 6.07) is 5.57. The van der Waals surface area contributed by atoms with E-state index in [4.69, 9.17) is 4.74 Å². The van der Waals surface area contributed by atoms with Gasteiger partial charge < -0.3 is 14.7 Å². The van der Waals surface area contributed by atoms with Crippen LogP contribution in [0.3, 0.4) is 0 Å². The average molecular weight is 234 g/mol. The van der Waals surface area contributed by atoms with Crippen LogP contribution in [0.1, 0.15) is 18.9 Å². The molecule has 0 aliphatic carbocycles. The van der Waals surface area contributed by atoms with Gasteiger partial charge in [0.25, 0.3) is 0 Å². The molecule has 0 saturated heterocycles. The van der Waals surface area contributed by atoms with Gasteiger partial charge in [0, 0.05) is 6.42 Å². The van der Waals surface area contributed by atoms with Crippen LogP contribution in [0.2, 0.25) is 0 Å². The van der Waals surface area contributed by atoms with E-state index in [1.807, 2.05) is 18.2 Å². The number of aryl methyl sites for hydroxylation is 1. The molecule has 2 rings (SSSR count). The molecule has 1 aromatic carbocycles. The van der Waals surface area contributed by atoms with E-state index in [2.05, 4.69) is 9.97 Å². The van der Waals surface area contributed by atoms with E-state index in [1.165, 1.54) is 0 Å². The van der Waals surface area contributed by atoms with Gasteiger partial charge in [-0.1, -0.05) is 12.1 Å². The summed E-state index contributed by atoms with van der Waals surface area (Å²) < 4.78 is 4.86. The predicted octanol–water partition coefficient (Wildman–Crippen LogP) is 1.35. The van der Waals surface area contributed by atoms with E-state index in [0.717, 1.165) is 16.6 Å². The number of carbonyl (C=O) groups excluding carboxylic acids is 1. The summed E-state index contributed by atoms with van der Waals surface area (Å²) in [6.07, 6.45) is 0.879. The third-order valence-electron chi connectivity index (χ3n) is 2.54. The highest BCUT2D eigenvalue weighted by atomic mass is 16.5. The number of rotatable bonds is 4. The standard InChI is InChI=1S/C12H14N2O3/c1-2-17-10(15)7-6-8-4-3-5-9-11(8)14-12(16)13-9/h3-5H,2,6-7H2,1H3,(H2,13,14,16). The van der Waals surface area contributed by atoms with E-state index in [0.29, 0.717) is 19.4 Å². The molecule has 5 heteroatoms. The Morgan fingerprint density at radius 1 is 1.35 bits per heavy atom. The SMILES string of the molecule is CCOC(=O)CCc1cccc2[nH]c(=O)[nH]c12. The van der Waals surface area contributed by atoms with Crippen molar-refractivity contribution >= 4 is 17.0 Å². The summed E-state index contributed by atoms with van der Waals surface area (Å²) in [5.41, 5.74) is 2.23. The normalized spacial score (nSPS) is 10.6. The van der Waals surface area contributed by atoms with Crippen molar-refractivity contribution in [3.63, 3.8) is 0 Å². The summed E-state index contributed by atoms with van der Waals surface area (Å²) in [4.78, 5) is 27.8. The Bertz CT molecular complexity index is 583. The first-order valence-corrected chi connectivity index (χ1v) is 5.56. The Kier molecular flexibility index (Phi) is 3.27. The Balaban J connectivity index is 2.18. The zero-order chi connectivity index (χ0) is 12.3. The van der Waals surface area contributed by atoms with Crippen molar-refractivity contribution in [2.24, 2.45) is 0 Å². The smallest absolute Gasteiger partial charge is 0.323 e. The molecule has 1 heterocycles. The molecule has 1 aromatic heterocycles.